The van der Waals surface area contributed by atoms with Crippen molar-refractivity contribution in [2.45, 2.75) is 65.5 Å². The number of rotatable bonds is 5. The third-order valence-electron chi connectivity index (χ3n) is 6.81. The molecule has 2 aliphatic rings. The highest BCUT2D eigenvalue weighted by Gasteiger charge is 2.35. The van der Waals surface area contributed by atoms with Gasteiger partial charge in [0.2, 0.25) is 5.91 Å². The lowest BCUT2D eigenvalue weighted by molar-refractivity contribution is -0.136. The molecular formula is C24H31N5O3. The van der Waals surface area contributed by atoms with Gasteiger partial charge in [-0.2, -0.15) is 0 Å². The van der Waals surface area contributed by atoms with Crippen LogP contribution in [-0.4, -0.2) is 49.7 Å². The predicted molar refractivity (Wildman–Crippen MR) is 120 cm³/mol. The third kappa shape index (κ3) is 4.06. The molecule has 4 heterocycles. The maximum Gasteiger partial charge on any atom is 0.256 e. The van der Waals surface area contributed by atoms with Gasteiger partial charge in [-0.1, -0.05) is 13.8 Å². The number of aromatic nitrogens is 3. The van der Waals surface area contributed by atoms with E-state index in [9.17, 15) is 14.4 Å². The molecule has 0 aromatic carbocycles. The standard InChI is InChI=1S/C24H31N5O3/c1-4-16(5-2)23(31)29-11-6-7-20(29)21-26-19-9-12-28(14-18(19)22(30)27-21)24(32)17-8-10-25-13-15(17)3/h8,10,13,16,20H,4-7,9,11-12,14H2,1-3H3,(H,26,27,30)/t20-/m0/s1. The first-order valence-electron chi connectivity index (χ1n) is 11.6. The Bertz CT molecular complexity index is 1080. The van der Waals surface area contributed by atoms with Gasteiger partial charge in [0.1, 0.15) is 5.82 Å². The Labute approximate surface area is 188 Å². The Morgan fingerprint density at radius 3 is 2.75 bits per heavy atom. The molecule has 0 unspecified atom stereocenters. The first kappa shape index (κ1) is 22.2. The van der Waals surface area contributed by atoms with Gasteiger partial charge in [-0.3, -0.25) is 19.4 Å². The molecule has 4 rings (SSSR count). The van der Waals surface area contributed by atoms with Crippen LogP contribution < -0.4 is 5.56 Å². The van der Waals surface area contributed by atoms with E-state index in [1.807, 2.05) is 25.7 Å². The summed E-state index contributed by atoms with van der Waals surface area (Å²) in [6, 6.07) is 1.53. The van der Waals surface area contributed by atoms with Gasteiger partial charge in [-0.05, 0) is 44.2 Å². The van der Waals surface area contributed by atoms with E-state index in [-0.39, 0.29) is 35.9 Å². The van der Waals surface area contributed by atoms with Gasteiger partial charge in [0.25, 0.3) is 11.5 Å². The number of hydrogen-bond donors (Lipinski definition) is 1. The van der Waals surface area contributed by atoms with Gasteiger partial charge in [0.05, 0.1) is 23.8 Å². The first-order chi connectivity index (χ1) is 15.4. The maximum absolute atomic E-state index is 13.0. The summed E-state index contributed by atoms with van der Waals surface area (Å²) in [6.45, 7) is 7.38. The number of aromatic amines is 1. The fraction of sp³-hybridized carbons (Fsp3) is 0.542. The van der Waals surface area contributed by atoms with Gasteiger partial charge in [0, 0.05) is 43.4 Å². The highest BCUT2D eigenvalue weighted by molar-refractivity contribution is 5.95. The number of hydrogen-bond acceptors (Lipinski definition) is 5. The lowest BCUT2D eigenvalue weighted by atomic mass is 10.0. The minimum atomic E-state index is -0.212. The Balaban J connectivity index is 1.57. The largest absolute Gasteiger partial charge is 0.334 e. The second-order valence-electron chi connectivity index (χ2n) is 8.75. The molecule has 2 aromatic rings. The molecule has 2 aromatic heterocycles. The van der Waals surface area contributed by atoms with Crippen LogP contribution in [0.15, 0.2) is 23.3 Å². The number of nitrogens with zero attached hydrogens (tertiary/aromatic N) is 4. The third-order valence-corrected chi connectivity index (χ3v) is 6.81. The molecule has 32 heavy (non-hydrogen) atoms. The molecule has 1 saturated heterocycles. The van der Waals surface area contributed by atoms with Crippen molar-refractivity contribution in [1.29, 1.82) is 0 Å². The van der Waals surface area contributed by atoms with E-state index in [1.165, 1.54) is 0 Å². The minimum absolute atomic E-state index is 0.0103. The maximum atomic E-state index is 13.0. The van der Waals surface area contributed by atoms with Gasteiger partial charge in [-0.15, -0.1) is 0 Å². The summed E-state index contributed by atoms with van der Waals surface area (Å²) in [4.78, 5) is 54.3. The van der Waals surface area contributed by atoms with Crippen LogP contribution in [0.25, 0.3) is 0 Å². The van der Waals surface area contributed by atoms with Gasteiger partial charge >= 0.3 is 0 Å². The Hall–Kier alpha value is -3.03. The number of pyridine rings is 1. The number of carbonyl (C=O) groups is 2. The topological polar surface area (TPSA) is 99.3 Å². The lowest BCUT2D eigenvalue weighted by Gasteiger charge is -2.30. The highest BCUT2D eigenvalue weighted by atomic mass is 16.2. The zero-order valence-electron chi connectivity index (χ0n) is 19.1. The zero-order chi connectivity index (χ0) is 22.8. The number of fused-ring (bicyclic) bond motifs is 1. The molecular weight excluding hydrogens is 406 g/mol. The van der Waals surface area contributed by atoms with E-state index in [2.05, 4.69) is 9.97 Å². The monoisotopic (exact) mass is 437 g/mol. The molecule has 1 fully saturated rings. The van der Waals surface area contributed by atoms with E-state index in [4.69, 9.17) is 4.98 Å². The smallest absolute Gasteiger partial charge is 0.256 e. The van der Waals surface area contributed by atoms with Crippen LogP contribution in [0.1, 0.15) is 78.6 Å². The van der Waals surface area contributed by atoms with E-state index < -0.39 is 0 Å². The van der Waals surface area contributed by atoms with E-state index in [1.54, 1.807) is 23.4 Å². The summed E-state index contributed by atoms with van der Waals surface area (Å²) in [5.41, 5.74) is 2.48. The summed E-state index contributed by atoms with van der Waals surface area (Å²) in [5.74, 6) is 0.644. The molecule has 170 valence electrons. The second kappa shape index (κ2) is 9.22. The van der Waals surface area contributed by atoms with Crippen molar-refractivity contribution >= 4 is 11.8 Å². The molecule has 0 saturated carbocycles. The normalized spacial score (nSPS) is 18.2. The lowest BCUT2D eigenvalue weighted by Crippen LogP contribution is -2.41. The van der Waals surface area contributed by atoms with Crippen molar-refractivity contribution in [2.24, 2.45) is 5.92 Å². The fourth-order valence-electron chi connectivity index (χ4n) is 4.85. The van der Waals surface area contributed by atoms with Crippen molar-refractivity contribution in [3.05, 3.63) is 57.0 Å². The van der Waals surface area contributed by atoms with Crippen molar-refractivity contribution in [2.75, 3.05) is 13.1 Å². The number of carbonyl (C=O) groups excluding carboxylic acids is 2. The van der Waals surface area contributed by atoms with Crippen LogP contribution in [0.4, 0.5) is 0 Å². The molecule has 8 nitrogen and oxygen atoms in total. The molecule has 0 spiro atoms. The quantitative estimate of drug-likeness (QED) is 0.775. The molecule has 1 N–H and O–H groups in total. The molecule has 2 amide bonds. The van der Waals surface area contributed by atoms with E-state index >= 15 is 0 Å². The predicted octanol–water partition coefficient (Wildman–Crippen LogP) is 2.77. The van der Waals surface area contributed by atoms with Crippen molar-refractivity contribution < 1.29 is 9.59 Å². The van der Waals surface area contributed by atoms with Crippen LogP contribution >= 0.6 is 0 Å². The summed E-state index contributed by atoms with van der Waals surface area (Å²) < 4.78 is 0. The zero-order valence-corrected chi connectivity index (χ0v) is 19.1. The SMILES string of the molecule is CCC(CC)C(=O)N1CCC[C@H]1c1nc2c(c(=O)[nH]1)CN(C(=O)c1ccncc1C)CC2. The Morgan fingerprint density at radius 2 is 2.03 bits per heavy atom. The van der Waals surface area contributed by atoms with Crippen LogP contribution in [0.2, 0.25) is 0 Å². The molecule has 0 radical (unpaired) electrons. The molecule has 2 aliphatic heterocycles. The Morgan fingerprint density at radius 1 is 1.25 bits per heavy atom. The summed E-state index contributed by atoms with van der Waals surface area (Å²) in [6.07, 6.45) is 7.14. The van der Waals surface area contributed by atoms with Crippen molar-refractivity contribution in [3.63, 3.8) is 0 Å². The summed E-state index contributed by atoms with van der Waals surface area (Å²) in [5, 5.41) is 0. The average Bonchev–Trinajstić information content (AvgIpc) is 3.29. The van der Waals surface area contributed by atoms with E-state index in [0.717, 1.165) is 36.9 Å². The van der Waals surface area contributed by atoms with Crippen LogP contribution in [-0.2, 0) is 17.8 Å². The van der Waals surface area contributed by atoms with Gasteiger partial charge < -0.3 is 14.8 Å². The van der Waals surface area contributed by atoms with Gasteiger partial charge in [-0.25, -0.2) is 4.98 Å². The van der Waals surface area contributed by atoms with Crippen LogP contribution in [0.3, 0.4) is 0 Å². The average molecular weight is 438 g/mol. The molecule has 0 bridgehead atoms. The second-order valence-corrected chi connectivity index (χ2v) is 8.75. The number of nitrogens with one attached hydrogen (secondary N) is 1. The van der Waals surface area contributed by atoms with Crippen molar-refractivity contribution in [3.8, 4) is 0 Å². The number of aryl methyl sites for hydroxylation is 1. The molecule has 0 aliphatic carbocycles. The van der Waals surface area contributed by atoms with E-state index in [0.29, 0.717) is 36.5 Å². The van der Waals surface area contributed by atoms with Crippen LogP contribution in [0, 0.1) is 12.8 Å². The van der Waals surface area contributed by atoms with Gasteiger partial charge in [0.15, 0.2) is 0 Å². The van der Waals surface area contributed by atoms with Crippen LogP contribution in [0.5, 0.6) is 0 Å². The summed E-state index contributed by atoms with van der Waals surface area (Å²) in [7, 11) is 0. The molecule has 8 heteroatoms. The molecule has 1 atom stereocenters. The summed E-state index contributed by atoms with van der Waals surface area (Å²) >= 11 is 0. The highest BCUT2D eigenvalue weighted by Crippen LogP contribution is 2.32. The Kier molecular flexibility index (Phi) is 6.39. The number of amides is 2. The first-order valence-corrected chi connectivity index (χ1v) is 11.6. The van der Waals surface area contributed by atoms with Crippen molar-refractivity contribution in [1.82, 2.24) is 24.8 Å². The minimum Gasteiger partial charge on any atom is -0.334 e. The number of likely N-dealkylation sites (tertiary alicyclic amines) is 1. The fourth-order valence-corrected chi connectivity index (χ4v) is 4.85. The number of H-pyrrole nitrogens is 1.